The van der Waals surface area contributed by atoms with Crippen molar-refractivity contribution in [1.82, 2.24) is 16.0 Å². The predicted molar refractivity (Wildman–Crippen MR) is 261 cm³/mol. The molecule has 21 heteroatoms. The second-order valence-corrected chi connectivity index (χ2v) is 15.9. The van der Waals surface area contributed by atoms with Gasteiger partial charge in [-0.1, -0.05) is 69.8 Å². The number of benzene rings is 4. The van der Waals surface area contributed by atoms with Crippen molar-refractivity contribution in [2.24, 2.45) is 5.73 Å². The zero-order valence-electron chi connectivity index (χ0n) is 37.7. The minimum absolute atomic E-state index is 0. The highest BCUT2D eigenvalue weighted by atomic mass is 35.5. The van der Waals surface area contributed by atoms with Gasteiger partial charge in [-0.25, -0.2) is 22.4 Å². The number of aliphatic hydroxyl groups excluding tert-OH is 2. The molecule has 0 aliphatic heterocycles. The van der Waals surface area contributed by atoms with Gasteiger partial charge in [0, 0.05) is 42.3 Å². The molecule has 4 atom stereocenters. The molecular weight excluding hydrogens is 994 g/mol. The Kier molecular flexibility index (Phi) is 35.1. The Hall–Kier alpha value is -3.78. The van der Waals surface area contributed by atoms with Gasteiger partial charge in [0.05, 0.1) is 18.2 Å². The molecule has 9 nitrogen and oxygen atoms in total. The van der Waals surface area contributed by atoms with Crippen molar-refractivity contribution < 1.29 is 60.0 Å². The summed E-state index contributed by atoms with van der Waals surface area (Å²) in [7, 11) is 0. The number of alkyl halides is 4. The molecule has 0 aliphatic carbocycles. The van der Waals surface area contributed by atoms with Gasteiger partial charge in [-0.05, 0) is 111 Å². The maximum Gasteiger partial charge on any atom is 0.371 e. The van der Waals surface area contributed by atoms with Crippen molar-refractivity contribution in [2.75, 3.05) is 13.1 Å². The molecule has 388 valence electrons. The first-order valence-electron chi connectivity index (χ1n) is 20.2. The monoisotopic (exact) mass is 1060 g/mol. The Morgan fingerprint density at radius 3 is 1.28 bits per heavy atom. The molecule has 0 spiro atoms. The van der Waals surface area contributed by atoms with Crippen LogP contribution in [0.25, 0.3) is 0 Å². The van der Waals surface area contributed by atoms with Crippen LogP contribution in [0, 0.1) is 23.3 Å². The number of rotatable bonds is 19. The molecule has 4 rings (SSSR count). The summed E-state index contributed by atoms with van der Waals surface area (Å²) in [6, 6.07) is 20.5. The van der Waals surface area contributed by atoms with Crippen molar-refractivity contribution >= 4 is 61.5 Å². The number of carbonyl (C=O) groups is 2. The van der Waals surface area contributed by atoms with E-state index < -0.39 is 77.8 Å². The maximum atomic E-state index is 13.5. The van der Waals surface area contributed by atoms with E-state index in [-0.39, 0.29) is 94.1 Å². The van der Waals surface area contributed by atoms with Crippen molar-refractivity contribution in [3.05, 3.63) is 142 Å². The number of carboxylic acid groups (broad SMARTS) is 1. The largest absolute Gasteiger partial charge is 0.477 e. The van der Waals surface area contributed by atoms with E-state index >= 15 is 0 Å². The van der Waals surface area contributed by atoms with Crippen LogP contribution < -0.4 is 21.7 Å². The molecule has 68 heavy (non-hydrogen) atoms. The lowest BCUT2D eigenvalue weighted by molar-refractivity contribution is -0.149. The van der Waals surface area contributed by atoms with Crippen LogP contribution in [0.4, 0.5) is 35.1 Å². The molecule has 0 saturated carbocycles. The fourth-order valence-electron chi connectivity index (χ4n) is 6.23. The van der Waals surface area contributed by atoms with Gasteiger partial charge in [0.2, 0.25) is 0 Å². The second-order valence-electron chi connectivity index (χ2n) is 15.9. The maximum absolute atomic E-state index is 13.5. The summed E-state index contributed by atoms with van der Waals surface area (Å²) < 4.78 is 100. The Bertz CT molecular complexity index is 2040. The molecular formula is C47H66Cl4F8N4O5. The van der Waals surface area contributed by atoms with Crippen molar-refractivity contribution in [3.8, 4) is 0 Å². The number of aliphatic hydroxyl groups is 2. The Morgan fingerprint density at radius 1 is 0.588 bits per heavy atom. The van der Waals surface area contributed by atoms with Gasteiger partial charge in [-0.3, -0.25) is 4.79 Å². The topological polar surface area (TPSA) is 157 Å². The number of carboxylic acids is 1. The van der Waals surface area contributed by atoms with Crippen molar-refractivity contribution in [3.63, 3.8) is 0 Å². The summed E-state index contributed by atoms with van der Waals surface area (Å²) in [5, 5.41) is 36.8. The third-order valence-corrected chi connectivity index (χ3v) is 10.1. The minimum Gasteiger partial charge on any atom is -0.477 e. The molecule has 4 aromatic carbocycles. The van der Waals surface area contributed by atoms with Gasteiger partial charge in [-0.15, -0.1) is 49.6 Å². The van der Waals surface area contributed by atoms with Gasteiger partial charge >= 0.3 is 18.8 Å². The Balaban J connectivity index is -0.000000508. The molecule has 0 radical (unpaired) electrons. The SMILES string of the molecule is C.CCc1cccc(C(C)(C)NC[C@@H](O)[C@@H](N)Cc2cc(F)cc(F)c2)c1.CCc1cccc(C(C)(C)NC[C@@H](O)[C@H](Cc2cc(F)cc(F)c2)NC(=O)C(F)F)c1.Cl.Cl.Cl.Cl.O=C(O)C(F)F. The number of nitrogens with one attached hydrogen (secondary N) is 3. The fraction of sp³-hybridized carbons (Fsp3) is 0.447. The van der Waals surface area contributed by atoms with Crippen LogP contribution in [-0.4, -0.2) is 77.4 Å². The van der Waals surface area contributed by atoms with Crippen LogP contribution in [-0.2, 0) is 46.4 Å². The van der Waals surface area contributed by atoms with Gasteiger partial charge in [-0.2, -0.15) is 17.6 Å². The standard InChI is InChI=1S/C23H28F4N2O2.C21H28F2N2O.C2H2F2O2.CH4.4ClH/c1-4-14-6-5-7-16(8-14)23(2,3)28-13-20(30)19(29-22(31)21(26)27)11-15-9-17(24)12-18(25)10-15;1-4-14-6-5-7-16(8-14)21(2,3)25-13-20(26)19(24)11-15-9-17(22)12-18(23)10-15;3-1(4)2(5)6;;;;;/h5-10,12,19-21,28,30H,4,11,13H2,1-3H3,(H,29,31);5-10,12,19-20,25-26H,4,11,13,24H2,1-3H3;1H,(H,5,6);1H4;4*1H/t2*19-,20+;;;;;;/m00....../s1. The summed E-state index contributed by atoms with van der Waals surface area (Å²) in [6.45, 7) is 12.3. The van der Waals surface area contributed by atoms with E-state index in [0.717, 1.165) is 47.7 Å². The molecule has 0 aliphatic rings. The second kappa shape index (κ2) is 33.7. The number of aliphatic carboxylic acids is 1. The van der Waals surface area contributed by atoms with Crippen LogP contribution in [0.15, 0.2) is 84.9 Å². The smallest absolute Gasteiger partial charge is 0.371 e. The lowest BCUT2D eigenvalue weighted by Crippen LogP contribution is -2.52. The van der Waals surface area contributed by atoms with E-state index in [2.05, 4.69) is 35.0 Å². The Morgan fingerprint density at radius 2 is 0.941 bits per heavy atom. The van der Waals surface area contributed by atoms with Gasteiger partial charge < -0.3 is 37.0 Å². The minimum atomic E-state index is -3.28. The molecule has 1 amide bonds. The third-order valence-electron chi connectivity index (χ3n) is 10.1. The van der Waals surface area contributed by atoms with Crippen LogP contribution in [0.1, 0.15) is 82.3 Å². The molecule has 0 fully saturated rings. The first-order chi connectivity index (χ1) is 29.4. The normalized spacial score (nSPS) is 12.6. The number of halogens is 12. The summed E-state index contributed by atoms with van der Waals surface area (Å²) in [6.07, 6.45) is -6.84. The van der Waals surface area contributed by atoms with Crippen LogP contribution in [0.3, 0.4) is 0 Å². The summed E-state index contributed by atoms with van der Waals surface area (Å²) >= 11 is 0. The summed E-state index contributed by atoms with van der Waals surface area (Å²) in [5.74, 6) is -6.59. The van der Waals surface area contributed by atoms with Gasteiger partial charge in [0.25, 0.3) is 5.91 Å². The molecule has 0 bridgehead atoms. The van der Waals surface area contributed by atoms with Crippen molar-refractivity contribution in [1.29, 1.82) is 0 Å². The number of carbonyl (C=O) groups excluding carboxylic acids is 1. The first kappa shape index (κ1) is 70.8. The zero-order valence-corrected chi connectivity index (χ0v) is 40.9. The number of amides is 1. The summed E-state index contributed by atoms with van der Waals surface area (Å²) in [5.41, 5.74) is 10.2. The highest BCUT2D eigenvalue weighted by Crippen LogP contribution is 2.23. The lowest BCUT2D eigenvalue weighted by Gasteiger charge is -2.31. The molecule has 0 aromatic heterocycles. The lowest BCUT2D eigenvalue weighted by atomic mass is 9.91. The number of aryl methyl sites for hydroxylation is 2. The average molecular weight is 1060 g/mol. The highest BCUT2D eigenvalue weighted by Gasteiger charge is 2.29. The van der Waals surface area contributed by atoms with E-state index in [1.54, 1.807) is 0 Å². The predicted octanol–water partition coefficient (Wildman–Crippen LogP) is 9.65. The van der Waals surface area contributed by atoms with Crippen LogP contribution in [0.2, 0.25) is 0 Å². The van der Waals surface area contributed by atoms with Crippen molar-refractivity contribution in [2.45, 2.75) is 123 Å². The quantitative estimate of drug-likeness (QED) is 0.0458. The van der Waals surface area contributed by atoms with Crippen LogP contribution >= 0.6 is 49.6 Å². The van der Waals surface area contributed by atoms with E-state index in [4.69, 9.17) is 15.6 Å². The zero-order chi connectivity index (χ0) is 47.7. The van der Waals surface area contributed by atoms with E-state index in [9.17, 15) is 50.1 Å². The first-order valence-corrected chi connectivity index (χ1v) is 20.2. The van der Waals surface area contributed by atoms with E-state index in [1.807, 2.05) is 71.0 Å². The fourth-order valence-corrected chi connectivity index (χ4v) is 6.23. The van der Waals surface area contributed by atoms with Gasteiger partial charge in [0.15, 0.2) is 0 Å². The Labute approximate surface area is 419 Å². The number of hydrogen-bond donors (Lipinski definition) is 7. The molecule has 8 N–H and O–H groups in total. The molecule has 0 saturated heterocycles. The molecule has 0 unspecified atom stereocenters. The summed E-state index contributed by atoms with van der Waals surface area (Å²) in [4.78, 5) is 20.5. The van der Waals surface area contributed by atoms with E-state index in [0.29, 0.717) is 11.6 Å². The average Bonchev–Trinajstić information content (AvgIpc) is 3.21. The van der Waals surface area contributed by atoms with E-state index in [1.165, 1.54) is 17.7 Å². The molecule has 4 aromatic rings. The van der Waals surface area contributed by atoms with Gasteiger partial charge in [0.1, 0.15) is 23.3 Å². The number of nitrogens with two attached hydrogens (primary N) is 1. The molecule has 0 heterocycles. The van der Waals surface area contributed by atoms with Crippen LogP contribution in [0.5, 0.6) is 0 Å². The third kappa shape index (κ3) is 25.2. The number of hydrogen-bond acceptors (Lipinski definition) is 7. The highest BCUT2D eigenvalue weighted by molar-refractivity contribution is 5.86.